The molecule has 2 aliphatic carbocycles. The van der Waals surface area contributed by atoms with Crippen LogP contribution in [0, 0.1) is 23.7 Å². The van der Waals surface area contributed by atoms with Gasteiger partial charge in [0.05, 0.1) is 27.7 Å². The van der Waals surface area contributed by atoms with Crippen molar-refractivity contribution in [2.45, 2.75) is 68.6 Å². The van der Waals surface area contributed by atoms with Crippen LogP contribution in [0.15, 0.2) is 66.7 Å². The summed E-state index contributed by atoms with van der Waals surface area (Å²) in [6.45, 7) is 5.46. The van der Waals surface area contributed by atoms with Crippen molar-refractivity contribution in [2.75, 3.05) is 24.6 Å². The predicted octanol–water partition coefficient (Wildman–Crippen LogP) is 6.61. The molecular weight excluding hydrogens is 649 g/mol. The van der Waals surface area contributed by atoms with Crippen LogP contribution in [0.4, 0.5) is 10.1 Å². The number of carbonyl (C=O) groups excluding carboxylic acids is 1. The summed E-state index contributed by atoms with van der Waals surface area (Å²) in [6, 6.07) is 16.1. The van der Waals surface area contributed by atoms with Crippen LogP contribution in [0.5, 0.6) is 5.75 Å². The smallest absolute Gasteiger partial charge is 0.262 e. The number of nitrogens with zero attached hydrogens (tertiary/aromatic N) is 2. The Hall–Kier alpha value is -3.40. The van der Waals surface area contributed by atoms with Gasteiger partial charge in [-0.1, -0.05) is 42.8 Å². The van der Waals surface area contributed by atoms with Crippen molar-refractivity contribution in [1.29, 1.82) is 0 Å². The number of anilines is 1. The molecule has 1 aromatic heterocycles. The second-order valence-electron chi connectivity index (χ2n) is 14.4. The Balaban J connectivity index is 1.35. The van der Waals surface area contributed by atoms with Crippen molar-refractivity contribution in [3.63, 3.8) is 0 Å². The third kappa shape index (κ3) is 5.92. The molecule has 7 atom stereocenters. The first-order valence-electron chi connectivity index (χ1n) is 16.9. The topological polar surface area (TPSA) is 91.8 Å². The molecule has 3 heterocycles. The molecule has 1 saturated carbocycles. The Kier molecular flexibility index (Phi) is 8.61. The van der Waals surface area contributed by atoms with E-state index in [1.54, 1.807) is 24.3 Å². The summed E-state index contributed by atoms with van der Waals surface area (Å²) in [5.74, 6) is 3.22. The highest BCUT2D eigenvalue weighted by molar-refractivity contribution is 7.99. The van der Waals surface area contributed by atoms with Crippen molar-refractivity contribution < 1.29 is 23.2 Å². The van der Waals surface area contributed by atoms with E-state index in [0.29, 0.717) is 42.5 Å². The first kappa shape index (κ1) is 33.1. The number of rotatable bonds is 1. The molecule has 1 amide bonds. The second-order valence-corrected chi connectivity index (χ2v) is 17.2. The van der Waals surface area contributed by atoms with E-state index in [9.17, 15) is 18.5 Å². The van der Waals surface area contributed by atoms with Gasteiger partial charge in [-0.05, 0) is 117 Å². The molecule has 1 unspecified atom stereocenters. The van der Waals surface area contributed by atoms with Crippen molar-refractivity contribution >= 4 is 38.8 Å². The summed E-state index contributed by atoms with van der Waals surface area (Å²) >= 11 is 6.44. The van der Waals surface area contributed by atoms with Gasteiger partial charge in [0.2, 0.25) is 5.95 Å². The van der Waals surface area contributed by atoms with Crippen LogP contribution in [-0.2, 0) is 27.1 Å². The quantitative estimate of drug-likeness (QED) is 0.170. The number of aromatic nitrogens is 1. The molecule has 1 fully saturated rings. The van der Waals surface area contributed by atoms with Gasteiger partial charge in [-0.2, -0.15) is 4.39 Å². The van der Waals surface area contributed by atoms with Crippen molar-refractivity contribution in [1.82, 2.24) is 9.71 Å². The van der Waals surface area contributed by atoms with E-state index < -0.39 is 32.4 Å². The summed E-state index contributed by atoms with van der Waals surface area (Å²) in [5.41, 5.74) is 2.05. The average Bonchev–Trinajstić information content (AvgIpc) is 3.18. The third-order valence-corrected chi connectivity index (χ3v) is 13.8. The van der Waals surface area contributed by atoms with Crippen LogP contribution < -0.4 is 14.4 Å². The second kappa shape index (κ2) is 12.5. The Morgan fingerprint density at radius 2 is 2.00 bits per heavy atom. The molecule has 254 valence electrons. The first-order chi connectivity index (χ1) is 22.9. The first-order valence-corrected chi connectivity index (χ1v) is 19.1. The van der Waals surface area contributed by atoms with E-state index in [4.69, 9.17) is 16.3 Å². The summed E-state index contributed by atoms with van der Waals surface area (Å²) in [4.78, 5) is 20.1. The number of hydrogen-bond donors (Lipinski definition) is 2. The van der Waals surface area contributed by atoms with Crippen LogP contribution in [0.2, 0.25) is 5.02 Å². The zero-order valence-corrected chi connectivity index (χ0v) is 29.0. The van der Waals surface area contributed by atoms with E-state index in [-0.39, 0.29) is 28.9 Å². The van der Waals surface area contributed by atoms with E-state index in [2.05, 4.69) is 32.6 Å². The highest BCUT2D eigenvalue weighted by Crippen LogP contribution is 2.50. The van der Waals surface area contributed by atoms with E-state index in [1.165, 1.54) is 17.2 Å². The Labute approximate surface area is 287 Å². The van der Waals surface area contributed by atoms with Gasteiger partial charge in [-0.25, -0.2) is 9.19 Å². The molecule has 0 saturated heterocycles. The lowest BCUT2D eigenvalue weighted by molar-refractivity contribution is -0.0533. The molecule has 3 aromatic rings. The van der Waals surface area contributed by atoms with Gasteiger partial charge in [-0.15, -0.1) is 0 Å². The number of carbonyl (C=O) groups is 1. The van der Waals surface area contributed by atoms with Gasteiger partial charge in [0.25, 0.3) is 5.91 Å². The zero-order valence-electron chi connectivity index (χ0n) is 27.5. The van der Waals surface area contributed by atoms with Gasteiger partial charge < -0.3 is 14.7 Å². The minimum absolute atomic E-state index is 0.0429. The summed E-state index contributed by atoms with van der Waals surface area (Å²) in [6.07, 6.45) is 8.59. The van der Waals surface area contributed by atoms with Gasteiger partial charge in [0.15, 0.2) is 0 Å². The molecule has 2 N–H and O–H groups in total. The van der Waals surface area contributed by atoms with Gasteiger partial charge in [0.1, 0.15) is 11.4 Å². The number of ether oxygens (including phenoxy) is 1. The number of fused-ring (bicyclic) bond motifs is 4. The van der Waals surface area contributed by atoms with Crippen molar-refractivity contribution in [2.24, 2.45) is 17.8 Å². The number of pyridine rings is 1. The van der Waals surface area contributed by atoms with Crippen molar-refractivity contribution in [3.8, 4) is 5.75 Å². The monoisotopic (exact) mass is 691 g/mol. The fourth-order valence-electron chi connectivity index (χ4n) is 8.27. The third-order valence-electron chi connectivity index (χ3n) is 11.4. The number of aliphatic hydroxyl groups is 1. The summed E-state index contributed by atoms with van der Waals surface area (Å²) in [5, 5.41) is 12.7. The maximum Gasteiger partial charge on any atom is 0.262 e. The van der Waals surface area contributed by atoms with E-state index in [0.717, 1.165) is 37.8 Å². The lowest BCUT2D eigenvalue weighted by Gasteiger charge is -2.49. The van der Waals surface area contributed by atoms with Crippen LogP contribution in [-0.4, -0.2) is 51.0 Å². The van der Waals surface area contributed by atoms with E-state index in [1.807, 2.05) is 38.1 Å². The fourth-order valence-corrected chi connectivity index (χ4v) is 9.95. The largest absolute Gasteiger partial charge is 0.490 e. The van der Waals surface area contributed by atoms with E-state index >= 15 is 0 Å². The maximum atomic E-state index is 14.5. The fraction of sp³-hybridized carbons (Fsp3) is 0.447. The maximum absolute atomic E-state index is 14.5. The number of nitrogens with one attached hydrogen (secondary N) is 1. The molecule has 7 rings (SSSR count). The molecule has 4 aliphatic rings. The standard InChI is InChI=1S/C38H43ClFN3O4S/c1-24-7-5-18-38(45,34-9-4-10-35(40)41-34)31-14-11-28(31)21-43-22-37(17-6-8-26-19-29(39)13-15-30(26)37)23-47-33-16-12-27(20-32(33)43)36(44)42-48(3,46)25(24)2/h4-5,9-10,12-13,15-16,18-20,24-25,28,31,45H,3,6-8,11,14,17,21-23H2,1-2H3,(H,42,44,46)/b18-5+/t24-,25+,28-,31+,37-,38-,48?/m0/s1. The Morgan fingerprint density at radius 1 is 1.17 bits per heavy atom. The van der Waals surface area contributed by atoms with Gasteiger partial charge >= 0.3 is 0 Å². The lowest BCUT2D eigenvalue weighted by Crippen LogP contribution is -2.51. The molecule has 2 aromatic carbocycles. The molecule has 2 bridgehead atoms. The molecule has 2 aliphatic heterocycles. The SMILES string of the molecule is C=S1(=O)NC(=O)c2ccc3c(c2)N(C[C@@H]2CC[C@H]2[C@](O)(c2cccc(F)n2)/C=C/C[C@H](C)[C@H]1C)C[C@@]1(CCCc2cc(Cl)ccc21)CO3. The molecule has 1 spiro atoms. The molecule has 10 heteroatoms. The number of aryl methyl sites for hydroxylation is 1. The van der Waals surface area contributed by atoms with Gasteiger partial charge in [-0.3, -0.25) is 9.52 Å². The highest BCUT2D eigenvalue weighted by Gasteiger charge is 2.49. The zero-order chi connectivity index (χ0) is 33.8. The summed E-state index contributed by atoms with van der Waals surface area (Å²) in [7, 11) is -3.05. The number of amides is 1. The van der Waals surface area contributed by atoms with Gasteiger partial charge in [0, 0.05) is 40.3 Å². The molecule has 48 heavy (non-hydrogen) atoms. The molecular formula is C38H43ClFN3O4S. The number of benzene rings is 2. The molecule has 7 nitrogen and oxygen atoms in total. The summed E-state index contributed by atoms with van der Waals surface area (Å²) < 4.78 is 37.7. The lowest BCUT2D eigenvalue weighted by atomic mass is 9.63. The minimum atomic E-state index is -3.05. The van der Waals surface area contributed by atoms with Crippen LogP contribution in [0.3, 0.4) is 0 Å². The highest BCUT2D eigenvalue weighted by atomic mass is 35.5. The average molecular weight is 692 g/mol. The Morgan fingerprint density at radius 3 is 2.77 bits per heavy atom. The van der Waals surface area contributed by atoms with Crippen LogP contribution >= 0.6 is 11.6 Å². The van der Waals surface area contributed by atoms with Crippen LogP contribution in [0.25, 0.3) is 0 Å². The normalized spacial score (nSPS) is 34.1. The van der Waals surface area contributed by atoms with Crippen LogP contribution in [0.1, 0.15) is 73.1 Å². The predicted molar refractivity (Wildman–Crippen MR) is 190 cm³/mol. The number of halogens is 2. The number of hydrogen-bond acceptors (Lipinski definition) is 6. The number of allylic oxidation sites excluding steroid dienone is 1. The Bertz CT molecular complexity index is 1890. The molecule has 0 radical (unpaired) electrons. The minimum Gasteiger partial charge on any atom is -0.490 e. The van der Waals surface area contributed by atoms with Crippen molar-refractivity contribution in [3.05, 3.63) is 100 Å².